The van der Waals surface area contributed by atoms with Crippen molar-refractivity contribution in [1.82, 2.24) is 0 Å². The number of halogens is 2. The first-order valence-electron chi connectivity index (χ1n) is 8.24. The Bertz CT molecular complexity index is 967. The summed E-state index contributed by atoms with van der Waals surface area (Å²) in [4.78, 5) is 12.8. The van der Waals surface area contributed by atoms with Crippen molar-refractivity contribution in [3.05, 3.63) is 95.6 Å². The number of carbonyl (C=O) groups excluding carboxylic acids is 1. The molecule has 0 aromatic heterocycles. The van der Waals surface area contributed by atoms with Crippen LogP contribution in [0.4, 0.5) is 14.5 Å². The second kappa shape index (κ2) is 8.27. The van der Waals surface area contributed by atoms with Crippen LogP contribution in [0.25, 0.3) is 11.6 Å². The minimum atomic E-state index is -0.833. The third kappa shape index (κ3) is 4.58. The van der Waals surface area contributed by atoms with Crippen LogP contribution in [-0.4, -0.2) is 13.0 Å². The van der Waals surface area contributed by atoms with E-state index in [0.717, 1.165) is 17.7 Å². The molecule has 5 heteroatoms. The summed E-state index contributed by atoms with van der Waals surface area (Å²) in [6, 6.07) is 19.2. The number of hydrogen-bond donors (Lipinski definition) is 1. The zero-order chi connectivity index (χ0) is 19.2. The van der Waals surface area contributed by atoms with E-state index >= 15 is 0 Å². The minimum Gasteiger partial charge on any atom is -0.497 e. The zero-order valence-corrected chi connectivity index (χ0v) is 14.6. The van der Waals surface area contributed by atoms with Gasteiger partial charge in [0, 0.05) is 11.6 Å². The maximum Gasteiger partial charge on any atom is 0.256 e. The van der Waals surface area contributed by atoms with E-state index in [0.29, 0.717) is 16.9 Å². The van der Waals surface area contributed by atoms with Crippen LogP contribution in [0.2, 0.25) is 0 Å². The molecule has 0 aliphatic carbocycles. The Morgan fingerprint density at radius 3 is 2.30 bits per heavy atom. The lowest BCUT2D eigenvalue weighted by molar-refractivity contribution is -0.111. The van der Waals surface area contributed by atoms with Gasteiger partial charge in [0.2, 0.25) is 0 Å². The second-order valence-electron chi connectivity index (χ2n) is 5.78. The van der Waals surface area contributed by atoms with Gasteiger partial charge in [0.05, 0.1) is 12.8 Å². The number of methoxy groups -OCH3 is 1. The molecule has 0 saturated carbocycles. The van der Waals surface area contributed by atoms with E-state index in [1.54, 1.807) is 37.5 Å². The summed E-state index contributed by atoms with van der Waals surface area (Å²) in [5.41, 5.74) is 1.72. The van der Waals surface area contributed by atoms with Crippen LogP contribution in [0.15, 0.2) is 72.8 Å². The summed E-state index contributed by atoms with van der Waals surface area (Å²) in [5.74, 6) is -1.34. The van der Waals surface area contributed by atoms with Gasteiger partial charge in [-0.1, -0.05) is 42.5 Å². The van der Waals surface area contributed by atoms with Crippen LogP contribution in [0.1, 0.15) is 11.1 Å². The van der Waals surface area contributed by atoms with Gasteiger partial charge in [0.25, 0.3) is 5.91 Å². The van der Waals surface area contributed by atoms with Crippen LogP contribution in [0.3, 0.4) is 0 Å². The van der Waals surface area contributed by atoms with Crippen molar-refractivity contribution in [3.8, 4) is 5.75 Å². The highest BCUT2D eigenvalue weighted by Gasteiger charge is 2.15. The molecule has 0 fully saturated rings. The molecule has 0 saturated heterocycles. The fourth-order valence-electron chi connectivity index (χ4n) is 2.54. The first-order chi connectivity index (χ1) is 13.1. The van der Waals surface area contributed by atoms with Crippen LogP contribution in [0.5, 0.6) is 5.75 Å². The van der Waals surface area contributed by atoms with E-state index in [2.05, 4.69) is 5.32 Å². The summed E-state index contributed by atoms with van der Waals surface area (Å²) >= 11 is 0. The number of hydrogen-bond acceptors (Lipinski definition) is 2. The molecule has 0 unspecified atom stereocenters. The third-order valence-corrected chi connectivity index (χ3v) is 3.94. The second-order valence-corrected chi connectivity index (χ2v) is 5.78. The molecule has 27 heavy (non-hydrogen) atoms. The van der Waals surface area contributed by atoms with E-state index in [4.69, 9.17) is 4.74 Å². The van der Waals surface area contributed by atoms with Crippen LogP contribution in [0, 0.1) is 11.6 Å². The average molecular weight is 365 g/mol. The Morgan fingerprint density at radius 1 is 0.963 bits per heavy atom. The quantitative estimate of drug-likeness (QED) is 0.501. The topological polar surface area (TPSA) is 38.3 Å². The van der Waals surface area contributed by atoms with E-state index in [1.165, 1.54) is 6.07 Å². The third-order valence-electron chi connectivity index (χ3n) is 3.94. The molecule has 3 aromatic rings. The molecule has 1 N–H and O–H groups in total. The number of nitrogens with one attached hydrogen (secondary N) is 1. The fraction of sp³-hybridized carbons (Fsp3) is 0.0455. The molecule has 0 spiro atoms. The lowest BCUT2D eigenvalue weighted by Crippen LogP contribution is -2.14. The Balaban J connectivity index is 1.96. The van der Waals surface area contributed by atoms with Gasteiger partial charge in [0.1, 0.15) is 17.4 Å². The van der Waals surface area contributed by atoms with Crippen molar-refractivity contribution in [2.45, 2.75) is 0 Å². The van der Waals surface area contributed by atoms with E-state index in [-0.39, 0.29) is 5.69 Å². The van der Waals surface area contributed by atoms with Crippen molar-refractivity contribution < 1.29 is 18.3 Å². The minimum absolute atomic E-state index is 0.0852. The number of rotatable bonds is 5. The predicted molar refractivity (Wildman–Crippen MR) is 102 cm³/mol. The van der Waals surface area contributed by atoms with Crippen LogP contribution in [-0.2, 0) is 4.79 Å². The molecule has 136 valence electrons. The van der Waals surface area contributed by atoms with Crippen molar-refractivity contribution >= 4 is 23.2 Å². The van der Waals surface area contributed by atoms with Gasteiger partial charge in [-0.3, -0.25) is 4.79 Å². The van der Waals surface area contributed by atoms with Gasteiger partial charge < -0.3 is 10.1 Å². The Kier molecular flexibility index (Phi) is 5.61. The van der Waals surface area contributed by atoms with Gasteiger partial charge in [0.15, 0.2) is 0 Å². The van der Waals surface area contributed by atoms with Crippen molar-refractivity contribution in [1.29, 1.82) is 0 Å². The van der Waals surface area contributed by atoms with Crippen molar-refractivity contribution in [3.63, 3.8) is 0 Å². The van der Waals surface area contributed by atoms with Gasteiger partial charge in [-0.05, 0) is 41.5 Å². The highest BCUT2D eigenvalue weighted by molar-refractivity contribution is 6.29. The fourth-order valence-corrected chi connectivity index (χ4v) is 2.54. The molecule has 0 heterocycles. The first kappa shape index (κ1) is 18.3. The molecule has 3 aromatic carbocycles. The molecule has 0 aliphatic heterocycles. The Morgan fingerprint density at radius 2 is 1.67 bits per heavy atom. The van der Waals surface area contributed by atoms with E-state index in [9.17, 15) is 13.6 Å². The van der Waals surface area contributed by atoms with E-state index < -0.39 is 17.5 Å². The van der Waals surface area contributed by atoms with Crippen LogP contribution >= 0.6 is 0 Å². The summed E-state index contributed by atoms with van der Waals surface area (Å²) in [6.45, 7) is 0. The molecule has 3 rings (SSSR count). The average Bonchev–Trinajstić information content (AvgIpc) is 2.69. The van der Waals surface area contributed by atoms with Gasteiger partial charge in [-0.2, -0.15) is 0 Å². The maximum absolute atomic E-state index is 13.9. The Hall–Kier alpha value is -3.47. The molecule has 0 radical (unpaired) electrons. The number of amides is 1. The number of carbonyl (C=O) groups is 1. The largest absolute Gasteiger partial charge is 0.497 e. The highest BCUT2D eigenvalue weighted by Crippen LogP contribution is 2.23. The lowest BCUT2D eigenvalue weighted by Gasteiger charge is -2.11. The van der Waals surface area contributed by atoms with E-state index in [1.807, 2.05) is 30.3 Å². The summed E-state index contributed by atoms with van der Waals surface area (Å²) in [6.07, 6.45) is 1.70. The molecule has 1 amide bonds. The molecule has 0 aliphatic rings. The van der Waals surface area contributed by atoms with Gasteiger partial charge in [-0.25, -0.2) is 8.78 Å². The smallest absolute Gasteiger partial charge is 0.256 e. The lowest BCUT2D eigenvalue weighted by atomic mass is 10.0. The number of benzene rings is 3. The number of anilines is 1. The van der Waals surface area contributed by atoms with Crippen LogP contribution < -0.4 is 10.1 Å². The summed E-state index contributed by atoms with van der Waals surface area (Å²) < 4.78 is 32.1. The van der Waals surface area contributed by atoms with Gasteiger partial charge in [-0.15, -0.1) is 0 Å². The monoisotopic (exact) mass is 365 g/mol. The standard InChI is InChI=1S/C22H17F2NO2/c1-27-18-10-7-15(8-11-18)13-19(16-5-3-2-4-6-16)22(26)25-21-12-9-17(23)14-20(21)24/h2-14H,1H3,(H,25,26). The summed E-state index contributed by atoms with van der Waals surface area (Å²) in [7, 11) is 1.57. The molecular weight excluding hydrogens is 348 g/mol. The zero-order valence-electron chi connectivity index (χ0n) is 14.6. The molecule has 0 bridgehead atoms. The summed E-state index contributed by atoms with van der Waals surface area (Å²) in [5, 5.41) is 2.51. The van der Waals surface area contributed by atoms with Gasteiger partial charge >= 0.3 is 0 Å². The molecule has 3 nitrogen and oxygen atoms in total. The Labute approximate surface area is 155 Å². The molecular formula is C22H17F2NO2. The normalized spacial score (nSPS) is 11.1. The van der Waals surface area contributed by atoms with Crippen molar-refractivity contribution in [2.75, 3.05) is 12.4 Å². The predicted octanol–water partition coefficient (Wildman–Crippen LogP) is 5.15. The molecule has 0 atom stereocenters. The highest BCUT2D eigenvalue weighted by atomic mass is 19.1. The number of ether oxygens (including phenoxy) is 1. The maximum atomic E-state index is 13.9. The first-order valence-corrected chi connectivity index (χ1v) is 8.24. The SMILES string of the molecule is COc1ccc(C=C(C(=O)Nc2ccc(F)cc2F)c2ccccc2)cc1. The van der Waals surface area contributed by atoms with Crippen molar-refractivity contribution in [2.24, 2.45) is 0 Å².